The molecule has 0 saturated carbocycles. The van der Waals surface area contributed by atoms with E-state index in [2.05, 4.69) is 5.32 Å². The van der Waals surface area contributed by atoms with E-state index < -0.39 is 0 Å². The average Bonchev–Trinajstić information content (AvgIpc) is 3.07. The molecule has 1 atom stereocenters. The third kappa shape index (κ3) is 5.56. The summed E-state index contributed by atoms with van der Waals surface area (Å²) in [5, 5.41) is 11.8. The number of piperidine rings is 1. The number of carbonyl (C=O) groups is 2. The fourth-order valence-corrected chi connectivity index (χ4v) is 2.82. The molecule has 2 heterocycles. The van der Waals surface area contributed by atoms with Crippen LogP contribution in [0.25, 0.3) is 6.08 Å². The van der Waals surface area contributed by atoms with Gasteiger partial charge in [-0.3, -0.25) is 9.59 Å². The second kappa shape index (κ2) is 9.15. The summed E-state index contributed by atoms with van der Waals surface area (Å²) in [4.78, 5) is 25.8. The van der Waals surface area contributed by atoms with Crippen LogP contribution in [-0.2, 0) is 9.59 Å². The molecular weight excluding hydrogens is 296 g/mol. The van der Waals surface area contributed by atoms with E-state index in [1.165, 1.54) is 12.3 Å². The molecule has 1 aromatic heterocycles. The largest absolute Gasteiger partial charge is 0.465 e. The molecule has 0 bridgehead atoms. The zero-order valence-electron chi connectivity index (χ0n) is 13.2. The van der Waals surface area contributed by atoms with Crippen LogP contribution in [0, 0.1) is 0 Å². The van der Waals surface area contributed by atoms with Crippen molar-refractivity contribution in [3.05, 3.63) is 30.2 Å². The number of aliphatic hydroxyl groups excluding tert-OH is 1. The van der Waals surface area contributed by atoms with Gasteiger partial charge in [-0.05, 0) is 43.9 Å². The highest BCUT2D eigenvalue weighted by atomic mass is 16.3. The SMILES string of the molecule is O=C(/C=C/c1ccco1)NCCC(=O)N1CCCCC1CCO. The van der Waals surface area contributed by atoms with Crippen molar-refractivity contribution in [1.29, 1.82) is 0 Å². The molecule has 23 heavy (non-hydrogen) atoms. The van der Waals surface area contributed by atoms with Crippen molar-refractivity contribution >= 4 is 17.9 Å². The van der Waals surface area contributed by atoms with E-state index in [1.54, 1.807) is 18.2 Å². The molecule has 6 heteroatoms. The predicted octanol–water partition coefficient (Wildman–Crippen LogP) is 1.56. The van der Waals surface area contributed by atoms with E-state index >= 15 is 0 Å². The Kier molecular flexibility index (Phi) is 6.87. The monoisotopic (exact) mass is 320 g/mol. The molecule has 1 aromatic rings. The lowest BCUT2D eigenvalue weighted by Crippen LogP contribution is -2.45. The van der Waals surface area contributed by atoms with Crippen LogP contribution in [0.3, 0.4) is 0 Å². The number of hydrogen-bond acceptors (Lipinski definition) is 4. The van der Waals surface area contributed by atoms with Crippen LogP contribution in [-0.4, -0.2) is 47.6 Å². The Hall–Kier alpha value is -2.08. The van der Waals surface area contributed by atoms with Crippen molar-refractivity contribution in [2.75, 3.05) is 19.7 Å². The Morgan fingerprint density at radius 1 is 1.43 bits per heavy atom. The molecule has 6 nitrogen and oxygen atoms in total. The van der Waals surface area contributed by atoms with Crippen LogP contribution in [0.1, 0.15) is 37.9 Å². The Morgan fingerprint density at radius 3 is 3.04 bits per heavy atom. The molecule has 1 aliphatic rings. The van der Waals surface area contributed by atoms with Gasteiger partial charge in [0.15, 0.2) is 0 Å². The zero-order valence-corrected chi connectivity index (χ0v) is 13.2. The first-order chi connectivity index (χ1) is 11.2. The number of likely N-dealkylation sites (tertiary alicyclic amines) is 1. The first-order valence-corrected chi connectivity index (χ1v) is 8.10. The van der Waals surface area contributed by atoms with Crippen LogP contribution < -0.4 is 5.32 Å². The summed E-state index contributed by atoms with van der Waals surface area (Å²) >= 11 is 0. The van der Waals surface area contributed by atoms with Crippen molar-refractivity contribution in [1.82, 2.24) is 10.2 Å². The third-order valence-electron chi connectivity index (χ3n) is 3.99. The molecule has 0 spiro atoms. The molecule has 0 aromatic carbocycles. The summed E-state index contributed by atoms with van der Waals surface area (Å²) in [6.45, 7) is 1.15. The van der Waals surface area contributed by atoms with Crippen LogP contribution in [0.15, 0.2) is 28.9 Å². The first-order valence-electron chi connectivity index (χ1n) is 8.10. The number of rotatable bonds is 7. The van der Waals surface area contributed by atoms with Gasteiger partial charge in [0.05, 0.1) is 6.26 Å². The summed E-state index contributed by atoms with van der Waals surface area (Å²) < 4.78 is 5.09. The molecule has 1 unspecified atom stereocenters. The summed E-state index contributed by atoms with van der Waals surface area (Å²) in [5.74, 6) is 0.398. The van der Waals surface area contributed by atoms with Gasteiger partial charge in [-0.1, -0.05) is 0 Å². The number of amides is 2. The summed E-state index contributed by atoms with van der Waals surface area (Å²) in [5.41, 5.74) is 0. The number of furan rings is 1. The zero-order chi connectivity index (χ0) is 16.5. The second-order valence-corrected chi connectivity index (χ2v) is 5.64. The minimum absolute atomic E-state index is 0.0402. The van der Waals surface area contributed by atoms with Gasteiger partial charge >= 0.3 is 0 Å². The first kappa shape index (κ1) is 17.3. The molecule has 2 amide bonds. The highest BCUT2D eigenvalue weighted by Crippen LogP contribution is 2.20. The van der Waals surface area contributed by atoms with Crippen molar-refractivity contribution in [3.63, 3.8) is 0 Å². The molecule has 1 aliphatic heterocycles. The van der Waals surface area contributed by atoms with Crippen LogP contribution in [0.2, 0.25) is 0 Å². The van der Waals surface area contributed by atoms with Crippen molar-refractivity contribution in [2.24, 2.45) is 0 Å². The molecule has 0 aliphatic carbocycles. The van der Waals surface area contributed by atoms with Crippen molar-refractivity contribution in [3.8, 4) is 0 Å². The van der Waals surface area contributed by atoms with Gasteiger partial charge in [0.25, 0.3) is 0 Å². The highest BCUT2D eigenvalue weighted by molar-refractivity contribution is 5.91. The van der Waals surface area contributed by atoms with Crippen LogP contribution >= 0.6 is 0 Å². The fourth-order valence-electron chi connectivity index (χ4n) is 2.82. The maximum atomic E-state index is 12.3. The van der Waals surface area contributed by atoms with E-state index in [1.807, 2.05) is 4.90 Å². The maximum absolute atomic E-state index is 12.3. The summed E-state index contributed by atoms with van der Waals surface area (Å²) in [7, 11) is 0. The molecule has 0 radical (unpaired) electrons. The van der Waals surface area contributed by atoms with Gasteiger partial charge in [0.2, 0.25) is 11.8 Å². The third-order valence-corrected chi connectivity index (χ3v) is 3.99. The van der Waals surface area contributed by atoms with Gasteiger partial charge in [-0.15, -0.1) is 0 Å². The standard InChI is InChI=1S/C17H24N2O4/c20-12-9-14-4-1-2-11-19(14)17(22)8-10-18-16(21)7-6-15-5-3-13-23-15/h3,5-7,13-14,20H,1-2,4,8-12H2,(H,18,21)/b7-6+. The van der Waals surface area contributed by atoms with Gasteiger partial charge in [0.1, 0.15) is 5.76 Å². The van der Waals surface area contributed by atoms with Crippen LogP contribution in [0.5, 0.6) is 0 Å². The lowest BCUT2D eigenvalue weighted by atomic mass is 9.99. The fraction of sp³-hybridized carbons (Fsp3) is 0.529. The molecule has 2 rings (SSSR count). The van der Waals surface area contributed by atoms with Crippen molar-refractivity contribution < 1.29 is 19.1 Å². The van der Waals surface area contributed by atoms with Gasteiger partial charge in [0, 0.05) is 38.2 Å². The topological polar surface area (TPSA) is 82.8 Å². The lowest BCUT2D eigenvalue weighted by Gasteiger charge is -2.35. The minimum atomic E-state index is -0.250. The Labute approximate surface area is 136 Å². The molecular formula is C17H24N2O4. The Bertz CT molecular complexity index is 523. The van der Waals surface area contributed by atoms with E-state index in [4.69, 9.17) is 9.52 Å². The Balaban J connectivity index is 1.72. The van der Waals surface area contributed by atoms with Gasteiger partial charge in [-0.25, -0.2) is 0 Å². The van der Waals surface area contributed by atoms with E-state index in [-0.39, 0.29) is 30.9 Å². The molecule has 1 fully saturated rings. The minimum Gasteiger partial charge on any atom is -0.465 e. The van der Waals surface area contributed by atoms with Gasteiger partial charge < -0.3 is 19.7 Å². The normalized spacial score (nSPS) is 18.3. The van der Waals surface area contributed by atoms with Crippen molar-refractivity contribution in [2.45, 2.75) is 38.1 Å². The Morgan fingerprint density at radius 2 is 2.30 bits per heavy atom. The number of nitrogens with zero attached hydrogens (tertiary/aromatic N) is 1. The second-order valence-electron chi connectivity index (χ2n) is 5.64. The highest BCUT2D eigenvalue weighted by Gasteiger charge is 2.25. The maximum Gasteiger partial charge on any atom is 0.244 e. The molecule has 2 N–H and O–H groups in total. The smallest absolute Gasteiger partial charge is 0.244 e. The van der Waals surface area contributed by atoms with E-state index in [0.29, 0.717) is 18.7 Å². The summed E-state index contributed by atoms with van der Waals surface area (Å²) in [6, 6.07) is 3.64. The number of hydrogen-bond donors (Lipinski definition) is 2. The molecule has 126 valence electrons. The van der Waals surface area contributed by atoms with E-state index in [0.717, 1.165) is 25.8 Å². The van der Waals surface area contributed by atoms with Gasteiger partial charge in [-0.2, -0.15) is 0 Å². The number of carbonyl (C=O) groups excluding carboxylic acids is 2. The number of aliphatic hydroxyl groups is 1. The lowest BCUT2D eigenvalue weighted by molar-refractivity contribution is -0.135. The average molecular weight is 320 g/mol. The molecule has 1 saturated heterocycles. The van der Waals surface area contributed by atoms with E-state index in [9.17, 15) is 9.59 Å². The summed E-state index contributed by atoms with van der Waals surface area (Å²) in [6.07, 6.45) is 8.47. The predicted molar refractivity (Wildman–Crippen MR) is 86.4 cm³/mol. The number of nitrogens with one attached hydrogen (secondary N) is 1. The quantitative estimate of drug-likeness (QED) is 0.747. The van der Waals surface area contributed by atoms with Crippen LogP contribution in [0.4, 0.5) is 0 Å².